The number of sulfone groups is 1. The minimum absolute atomic E-state index is 0.00519. The molecule has 1 atom stereocenters. The van der Waals surface area contributed by atoms with Crippen LogP contribution in [-0.2, 0) is 20.3 Å². The Kier molecular flexibility index (Phi) is 3.97. The molecule has 1 heterocycles. The van der Waals surface area contributed by atoms with Crippen LogP contribution in [0.25, 0.3) is 0 Å². The Bertz CT molecular complexity index is 522. The fraction of sp³-hybridized carbons (Fsp3) is 0.500. The van der Waals surface area contributed by atoms with Crippen LogP contribution in [0.15, 0.2) is 18.2 Å². The van der Waals surface area contributed by atoms with Gasteiger partial charge in [-0.1, -0.05) is 6.07 Å². The van der Waals surface area contributed by atoms with Crippen molar-refractivity contribution in [2.75, 3.05) is 12.4 Å². The zero-order valence-corrected chi connectivity index (χ0v) is 10.6. The van der Waals surface area contributed by atoms with Crippen LogP contribution in [0, 0.1) is 11.6 Å². The van der Waals surface area contributed by atoms with E-state index in [0.29, 0.717) is 19.1 Å². The summed E-state index contributed by atoms with van der Waals surface area (Å²) in [5.41, 5.74) is -0.00519. The largest absolute Gasteiger partial charge is 0.377 e. The molecule has 1 saturated heterocycles. The molecule has 0 radical (unpaired) electrons. The van der Waals surface area contributed by atoms with E-state index in [4.69, 9.17) is 4.74 Å². The summed E-state index contributed by atoms with van der Waals surface area (Å²) in [4.78, 5) is 0. The Labute approximate surface area is 105 Å². The van der Waals surface area contributed by atoms with Crippen LogP contribution in [0.4, 0.5) is 8.78 Å². The molecule has 1 aromatic carbocycles. The van der Waals surface area contributed by atoms with Crippen LogP contribution >= 0.6 is 0 Å². The lowest BCUT2D eigenvalue weighted by Crippen LogP contribution is -2.21. The second-order valence-electron chi connectivity index (χ2n) is 4.43. The standard InChI is InChI=1S/C12H14F2O3S/c13-10-4-3-9(12(14)6-10)7-18(15,16)8-11-2-1-5-17-11/h3-4,6,11H,1-2,5,7-8H2/t11-/m1/s1. The zero-order chi connectivity index (χ0) is 13.2. The lowest BCUT2D eigenvalue weighted by Gasteiger charge is -2.10. The Hall–Kier alpha value is -1.01. The lowest BCUT2D eigenvalue weighted by atomic mass is 10.2. The highest BCUT2D eigenvalue weighted by Crippen LogP contribution is 2.18. The molecule has 0 N–H and O–H groups in total. The van der Waals surface area contributed by atoms with Crippen LogP contribution in [0.2, 0.25) is 0 Å². The van der Waals surface area contributed by atoms with Gasteiger partial charge in [0.1, 0.15) is 11.6 Å². The van der Waals surface area contributed by atoms with E-state index in [1.807, 2.05) is 0 Å². The number of halogens is 2. The van der Waals surface area contributed by atoms with Gasteiger partial charge < -0.3 is 4.74 Å². The molecule has 0 spiro atoms. The third kappa shape index (κ3) is 3.49. The van der Waals surface area contributed by atoms with Gasteiger partial charge in [-0.05, 0) is 18.9 Å². The predicted octanol–water partition coefficient (Wildman–Crippen LogP) is 2.06. The van der Waals surface area contributed by atoms with Crippen molar-refractivity contribution in [2.24, 2.45) is 0 Å². The lowest BCUT2D eigenvalue weighted by molar-refractivity contribution is 0.127. The second-order valence-corrected chi connectivity index (χ2v) is 6.53. The summed E-state index contributed by atoms with van der Waals surface area (Å²) in [7, 11) is -3.44. The highest BCUT2D eigenvalue weighted by Gasteiger charge is 2.24. The molecule has 0 bridgehead atoms. The predicted molar refractivity (Wildman–Crippen MR) is 62.8 cm³/mol. The molecule has 0 saturated carbocycles. The molecule has 6 heteroatoms. The molecular weight excluding hydrogens is 262 g/mol. The van der Waals surface area contributed by atoms with E-state index in [-0.39, 0.29) is 17.4 Å². The highest BCUT2D eigenvalue weighted by atomic mass is 32.2. The minimum atomic E-state index is -3.44. The van der Waals surface area contributed by atoms with E-state index >= 15 is 0 Å². The molecule has 1 aromatic rings. The summed E-state index contributed by atoms with van der Waals surface area (Å²) in [5.74, 6) is -2.07. The second kappa shape index (κ2) is 5.32. The number of rotatable bonds is 4. The van der Waals surface area contributed by atoms with Gasteiger partial charge in [-0.3, -0.25) is 0 Å². The van der Waals surface area contributed by atoms with Crippen LogP contribution in [0.5, 0.6) is 0 Å². The first-order valence-corrected chi connectivity index (χ1v) is 7.54. The van der Waals surface area contributed by atoms with Crippen molar-refractivity contribution in [3.8, 4) is 0 Å². The van der Waals surface area contributed by atoms with Gasteiger partial charge in [0.05, 0.1) is 17.6 Å². The summed E-state index contributed by atoms with van der Waals surface area (Å²) in [6.45, 7) is 0.575. The third-order valence-corrected chi connectivity index (χ3v) is 4.48. The normalized spacial score (nSPS) is 20.2. The first-order valence-electron chi connectivity index (χ1n) is 5.72. The van der Waals surface area contributed by atoms with Gasteiger partial charge in [0.15, 0.2) is 9.84 Å². The van der Waals surface area contributed by atoms with E-state index in [1.165, 1.54) is 0 Å². The van der Waals surface area contributed by atoms with Crippen molar-refractivity contribution in [1.29, 1.82) is 0 Å². The number of hydrogen-bond donors (Lipinski definition) is 0. The van der Waals surface area contributed by atoms with Crippen molar-refractivity contribution in [1.82, 2.24) is 0 Å². The topological polar surface area (TPSA) is 43.4 Å². The Morgan fingerprint density at radius 2 is 2.11 bits per heavy atom. The average molecular weight is 276 g/mol. The van der Waals surface area contributed by atoms with Crippen LogP contribution < -0.4 is 0 Å². The van der Waals surface area contributed by atoms with Gasteiger partial charge in [0, 0.05) is 18.2 Å². The molecule has 3 nitrogen and oxygen atoms in total. The summed E-state index contributed by atoms with van der Waals surface area (Å²) in [6.07, 6.45) is 1.27. The van der Waals surface area contributed by atoms with Gasteiger partial charge in [0.2, 0.25) is 0 Å². The third-order valence-electron chi connectivity index (χ3n) is 2.85. The van der Waals surface area contributed by atoms with Crippen molar-refractivity contribution in [3.63, 3.8) is 0 Å². The fourth-order valence-corrected chi connectivity index (χ4v) is 3.65. The summed E-state index contributed by atoms with van der Waals surface area (Å²) >= 11 is 0. The number of hydrogen-bond acceptors (Lipinski definition) is 3. The first-order chi connectivity index (χ1) is 8.46. The van der Waals surface area contributed by atoms with Gasteiger partial charge in [0.25, 0.3) is 0 Å². The smallest absolute Gasteiger partial charge is 0.157 e. The average Bonchev–Trinajstić information content (AvgIpc) is 2.74. The fourth-order valence-electron chi connectivity index (χ4n) is 1.99. The molecule has 18 heavy (non-hydrogen) atoms. The minimum Gasteiger partial charge on any atom is -0.377 e. The van der Waals surface area contributed by atoms with Crippen molar-refractivity contribution >= 4 is 9.84 Å². The van der Waals surface area contributed by atoms with Crippen molar-refractivity contribution < 1.29 is 21.9 Å². The molecular formula is C12H14F2O3S. The maximum atomic E-state index is 13.4. The molecule has 0 aromatic heterocycles. The Morgan fingerprint density at radius 1 is 1.33 bits per heavy atom. The Balaban J connectivity index is 2.07. The van der Waals surface area contributed by atoms with Gasteiger partial charge >= 0.3 is 0 Å². The summed E-state index contributed by atoms with van der Waals surface area (Å²) in [5, 5.41) is 0. The quantitative estimate of drug-likeness (QED) is 0.845. The molecule has 1 aliphatic heterocycles. The van der Waals surface area contributed by atoms with Crippen molar-refractivity contribution in [3.05, 3.63) is 35.4 Å². The molecule has 1 fully saturated rings. The molecule has 100 valence electrons. The Morgan fingerprint density at radius 3 is 2.72 bits per heavy atom. The van der Waals surface area contributed by atoms with Crippen LogP contribution in [0.3, 0.4) is 0 Å². The first kappa shape index (κ1) is 13.4. The summed E-state index contributed by atoms with van der Waals surface area (Å²) < 4.78 is 55.0. The number of benzene rings is 1. The number of ether oxygens (including phenoxy) is 1. The molecule has 0 aliphatic carbocycles. The van der Waals surface area contributed by atoms with Gasteiger partial charge in [-0.15, -0.1) is 0 Å². The van der Waals surface area contributed by atoms with E-state index in [9.17, 15) is 17.2 Å². The maximum absolute atomic E-state index is 13.4. The van der Waals surface area contributed by atoms with Crippen LogP contribution in [-0.4, -0.2) is 26.9 Å². The van der Waals surface area contributed by atoms with Crippen LogP contribution in [0.1, 0.15) is 18.4 Å². The highest BCUT2D eigenvalue weighted by molar-refractivity contribution is 7.90. The molecule has 2 rings (SSSR count). The van der Waals surface area contributed by atoms with E-state index in [2.05, 4.69) is 0 Å². The zero-order valence-electron chi connectivity index (χ0n) is 9.73. The monoisotopic (exact) mass is 276 g/mol. The van der Waals surface area contributed by atoms with E-state index < -0.39 is 27.2 Å². The van der Waals surface area contributed by atoms with E-state index in [0.717, 1.165) is 18.6 Å². The van der Waals surface area contributed by atoms with E-state index in [1.54, 1.807) is 0 Å². The van der Waals surface area contributed by atoms with Gasteiger partial charge in [-0.25, -0.2) is 17.2 Å². The maximum Gasteiger partial charge on any atom is 0.157 e. The molecule has 0 unspecified atom stereocenters. The molecule has 0 amide bonds. The van der Waals surface area contributed by atoms with Crippen molar-refractivity contribution in [2.45, 2.75) is 24.7 Å². The van der Waals surface area contributed by atoms with Gasteiger partial charge in [-0.2, -0.15) is 0 Å². The summed E-state index contributed by atoms with van der Waals surface area (Å²) in [6, 6.07) is 2.91. The SMILES string of the molecule is O=S(=O)(Cc1ccc(F)cc1F)C[C@H]1CCCO1. The molecule has 1 aliphatic rings.